The molecule has 0 bridgehead atoms. The number of methoxy groups -OCH3 is 1. The van der Waals surface area contributed by atoms with E-state index in [1.54, 1.807) is 24.1 Å². The van der Waals surface area contributed by atoms with Gasteiger partial charge in [-0.25, -0.2) is 8.42 Å². The number of hydrogen-bond acceptors (Lipinski definition) is 5. The largest absolute Gasteiger partial charge is 0.497 e. The minimum Gasteiger partial charge on any atom is -0.497 e. The van der Waals surface area contributed by atoms with Crippen molar-refractivity contribution in [2.75, 3.05) is 13.4 Å². The van der Waals surface area contributed by atoms with Gasteiger partial charge in [-0.1, -0.05) is 54.6 Å². The first-order valence-corrected chi connectivity index (χ1v) is 14.2. The SMILES string of the molecule is COc1ccc(CCC(=O)N(C2CC2)C(C(=O)NCc2ccccc2)c2ccc(S(C)(=O)=O)cc2)cc1. The van der Waals surface area contributed by atoms with Gasteiger partial charge >= 0.3 is 0 Å². The summed E-state index contributed by atoms with van der Waals surface area (Å²) in [6.45, 7) is 0.330. The van der Waals surface area contributed by atoms with Crippen LogP contribution in [-0.4, -0.2) is 44.5 Å². The lowest BCUT2D eigenvalue weighted by Gasteiger charge is -2.32. The van der Waals surface area contributed by atoms with Crippen LogP contribution in [0, 0.1) is 0 Å². The molecule has 0 spiro atoms. The predicted octanol–water partition coefficient (Wildman–Crippen LogP) is 4.08. The summed E-state index contributed by atoms with van der Waals surface area (Å²) in [7, 11) is -1.78. The topological polar surface area (TPSA) is 92.8 Å². The molecule has 1 aliphatic carbocycles. The molecule has 4 rings (SSSR count). The van der Waals surface area contributed by atoms with Gasteiger partial charge in [0.1, 0.15) is 11.8 Å². The van der Waals surface area contributed by atoms with Crippen molar-refractivity contribution in [3.63, 3.8) is 0 Å². The summed E-state index contributed by atoms with van der Waals surface area (Å²) in [5.74, 6) is 0.355. The summed E-state index contributed by atoms with van der Waals surface area (Å²) in [4.78, 5) is 29.0. The van der Waals surface area contributed by atoms with Gasteiger partial charge in [-0.2, -0.15) is 0 Å². The molecule has 3 aromatic rings. The number of nitrogens with zero attached hydrogens (tertiary/aromatic N) is 1. The number of amides is 2. The average molecular weight is 521 g/mol. The quantitative estimate of drug-likeness (QED) is 0.411. The second-order valence-electron chi connectivity index (χ2n) is 9.33. The van der Waals surface area contributed by atoms with Gasteiger partial charge in [-0.3, -0.25) is 9.59 Å². The standard InChI is InChI=1S/C29H32N2O5S/c1-36-25-15-8-21(9-16-25)10-19-27(32)31(24-13-14-24)28(23-11-17-26(18-12-23)37(2,34)35)29(33)30-20-22-6-4-3-5-7-22/h3-9,11-12,15-18,24,28H,10,13-14,19-20H2,1-2H3,(H,30,33). The number of sulfone groups is 1. The van der Waals surface area contributed by atoms with E-state index in [1.165, 1.54) is 12.1 Å². The summed E-state index contributed by atoms with van der Waals surface area (Å²) < 4.78 is 29.2. The molecule has 1 N–H and O–H groups in total. The fourth-order valence-electron chi connectivity index (χ4n) is 4.30. The van der Waals surface area contributed by atoms with E-state index in [1.807, 2.05) is 54.6 Å². The van der Waals surface area contributed by atoms with Crippen LogP contribution in [0.25, 0.3) is 0 Å². The summed E-state index contributed by atoms with van der Waals surface area (Å²) in [5.41, 5.74) is 2.54. The van der Waals surface area contributed by atoms with E-state index in [2.05, 4.69) is 5.32 Å². The fourth-order valence-corrected chi connectivity index (χ4v) is 4.93. The normalized spacial score (nSPS) is 14.0. The third kappa shape index (κ3) is 6.98. The first-order chi connectivity index (χ1) is 17.8. The molecule has 8 heteroatoms. The van der Waals surface area contributed by atoms with Crippen LogP contribution in [0.5, 0.6) is 5.75 Å². The molecule has 37 heavy (non-hydrogen) atoms. The number of ether oxygens (including phenoxy) is 1. The summed E-state index contributed by atoms with van der Waals surface area (Å²) in [5, 5.41) is 2.98. The zero-order chi connectivity index (χ0) is 26.4. The molecule has 7 nitrogen and oxygen atoms in total. The number of carbonyl (C=O) groups is 2. The smallest absolute Gasteiger partial charge is 0.247 e. The van der Waals surface area contributed by atoms with E-state index in [9.17, 15) is 18.0 Å². The summed E-state index contributed by atoms with van der Waals surface area (Å²) >= 11 is 0. The highest BCUT2D eigenvalue weighted by atomic mass is 32.2. The van der Waals surface area contributed by atoms with Crippen molar-refractivity contribution in [2.45, 2.75) is 49.2 Å². The van der Waals surface area contributed by atoms with Gasteiger partial charge in [0, 0.05) is 25.3 Å². The molecule has 3 aromatic carbocycles. The monoisotopic (exact) mass is 520 g/mol. The zero-order valence-electron chi connectivity index (χ0n) is 21.1. The Balaban J connectivity index is 1.58. The van der Waals surface area contributed by atoms with Gasteiger partial charge in [0.05, 0.1) is 12.0 Å². The van der Waals surface area contributed by atoms with E-state index in [0.29, 0.717) is 18.5 Å². The van der Waals surface area contributed by atoms with Crippen molar-refractivity contribution in [3.8, 4) is 5.75 Å². The first-order valence-electron chi connectivity index (χ1n) is 12.3. The van der Waals surface area contributed by atoms with Crippen LogP contribution >= 0.6 is 0 Å². The van der Waals surface area contributed by atoms with Crippen molar-refractivity contribution in [2.24, 2.45) is 0 Å². The Kier molecular flexibility index (Phi) is 8.28. The number of benzene rings is 3. The lowest BCUT2D eigenvalue weighted by Crippen LogP contribution is -2.45. The van der Waals surface area contributed by atoms with Crippen molar-refractivity contribution >= 4 is 21.7 Å². The van der Waals surface area contributed by atoms with Crippen molar-refractivity contribution in [1.82, 2.24) is 10.2 Å². The fraction of sp³-hybridized carbons (Fsp3) is 0.310. The van der Waals surface area contributed by atoms with Gasteiger partial charge in [-0.05, 0) is 60.2 Å². The number of hydrogen-bond donors (Lipinski definition) is 1. The predicted molar refractivity (Wildman–Crippen MR) is 142 cm³/mol. The maximum absolute atomic E-state index is 13.6. The third-order valence-electron chi connectivity index (χ3n) is 6.47. The van der Waals surface area contributed by atoms with Gasteiger partial charge < -0.3 is 15.0 Å². The Morgan fingerprint density at radius 2 is 1.59 bits per heavy atom. The molecule has 1 aliphatic rings. The number of rotatable bonds is 11. The van der Waals surface area contributed by atoms with E-state index < -0.39 is 15.9 Å². The number of nitrogens with one attached hydrogen (secondary N) is 1. The Bertz CT molecular complexity index is 1320. The summed E-state index contributed by atoms with van der Waals surface area (Å²) in [6.07, 6.45) is 3.60. The molecular formula is C29H32N2O5S. The maximum Gasteiger partial charge on any atom is 0.247 e. The van der Waals surface area contributed by atoms with Crippen LogP contribution in [0.3, 0.4) is 0 Å². The van der Waals surface area contributed by atoms with Crippen LogP contribution in [0.4, 0.5) is 0 Å². The van der Waals surface area contributed by atoms with E-state index in [-0.39, 0.29) is 29.2 Å². The number of carbonyl (C=O) groups excluding carboxylic acids is 2. The minimum atomic E-state index is -3.39. The third-order valence-corrected chi connectivity index (χ3v) is 7.60. The molecule has 0 aromatic heterocycles. The molecule has 1 saturated carbocycles. The van der Waals surface area contributed by atoms with Crippen LogP contribution < -0.4 is 10.1 Å². The first kappa shape index (κ1) is 26.4. The van der Waals surface area contributed by atoms with Crippen LogP contribution in [0.1, 0.15) is 42.0 Å². The molecular weight excluding hydrogens is 488 g/mol. The van der Waals surface area contributed by atoms with Gasteiger partial charge in [0.15, 0.2) is 9.84 Å². The van der Waals surface area contributed by atoms with Crippen molar-refractivity contribution in [1.29, 1.82) is 0 Å². The highest BCUT2D eigenvalue weighted by Crippen LogP contribution is 2.36. The summed E-state index contributed by atoms with van der Waals surface area (Å²) in [6, 6.07) is 22.5. The average Bonchev–Trinajstić information content (AvgIpc) is 3.74. The molecule has 0 aliphatic heterocycles. The van der Waals surface area contributed by atoms with Gasteiger partial charge in [0.2, 0.25) is 11.8 Å². The minimum absolute atomic E-state index is 0.0228. The van der Waals surface area contributed by atoms with Crippen LogP contribution in [-0.2, 0) is 32.4 Å². The molecule has 1 atom stereocenters. The molecule has 0 radical (unpaired) electrons. The molecule has 0 saturated heterocycles. The van der Waals surface area contributed by atoms with Crippen LogP contribution in [0.15, 0.2) is 83.8 Å². The highest BCUT2D eigenvalue weighted by molar-refractivity contribution is 7.90. The van der Waals surface area contributed by atoms with Gasteiger partial charge in [0.25, 0.3) is 0 Å². The molecule has 2 amide bonds. The van der Waals surface area contributed by atoms with Crippen molar-refractivity contribution in [3.05, 3.63) is 95.6 Å². The Morgan fingerprint density at radius 1 is 0.946 bits per heavy atom. The second-order valence-corrected chi connectivity index (χ2v) is 11.3. The lowest BCUT2D eigenvalue weighted by molar-refractivity contribution is -0.141. The van der Waals surface area contributed by atoms with E-state index in [0.717, 1.165) is 36.0 Å². The second kappa shape index (κ2) is 11.6. The van der Waals surface area contributed by atoms with Gasteiger partial charge in [-0.15, -0.1) is 0 Å². The Hall–Kier alpha value is -3.65. The molecule has 194 valence electrons. The zero-order valence-corrected chi connectivity index (χ0v) is 21.9. The Morgan fingerprint density at radius 3 is 2.16 bits per heavy atom. The van der Waals surface area contributed by atoms with Crippen LogP contribution in [0.2, 0.25) is 0 Å². The molecule has 1 unspecified atom stereocenters. The Labute approximate surface area is 218 Å². The van der Waals surface area contributed by atoms with E-state index >= 15 is 0 Å². The molecule has 1 fully saturated rings. The van der Waals surface area contributed by atoms with E-state index in [4.69, 9.17) is 4.74 Å². The lowest BCUT2D eigenvalue weighted by atomic mass is 10.0. The maximum atomic E-state index is 13.6. The molecule has 0 heterocycles. The highest BCUT2D eigenvalue weighted by Gasteiger charge is 2.41. The number of aryl methyl sites for hydroxylation is 1. The van der Waals surface area contributed by atoms with Crippen molar-refractivity contribution < 1.29 is 22.7 Å².